The van der Waals surface area contributed by atoms with Crippen LogP contribution in [0, 0.1) is 11.8 Å². The number of aromatic nitrogens is 1. The summed E-state index contributed by atoms with van der Waals surface area (Å²) in [5.74, 6) is 1.81. The van der Waals surface area contributed by atoms with E-state index >= 15 is 0 Å². The molecular formula is C15H22N2O2. The van der Waals surface area contributed by atoms with Gasteiger partial charge in [0.1, 0.15) is 5.75 Å². The summed E-state index contributed by atoms with van der Waals surface area (Å²) in [6.45, 7) is 4.31. The molecule has 2 atom stereocenters. The Bertz CT molecular complexity index is 428. The lowest BCUT2D eigenvalue weighted by Crippen LogP contribution is -2.34. The number of nitrogens with one attached hydrogen (secondary N) is 1. The van der Waals surface area contributed by atoms with Gasteiger partial charge in [-0.25, -0.2) is 0 Å². The molecule has 19 heavy (non-hydrogen) atoms. The van der Waals surface area contributed by atoms with Gasteiger partial charge in [-0.3, -0.25) is 9.78 Å². The Balaban J connectivity index is 1.95. The van der Waals surface area contributed by atoms with Crippen molar-refractivity contribution >= 4 is 5.78 Å². The van der Waals surface area contributed by atoms with Crippen molar-refractivity contribution in [2.75, 3.05) is 20.2 Å². The van der Waals surface area contributed by atoms with Gasteiger partial charge in [-0.15, -0.1) is 0 Å². The van der Waals surface area contributed by atoms with Crippen LogP contribution in [0.4, 0.5) is 0 Å². The largest absolute Gasteiger partial charge is 0.495 e. The summed E-state index contributed by atoms with van der Waals surface area (Å²) in [7, 11) is 1.58. The first-order valence-corrected chi connectivity index (χ1v) is 6.93. The van der Waals surface area contributed by atoms with Crippen LogP contribution >= 0.6 is 0 Å². The maximum absolute atomic E-state index is 12.2. The van der Waals surface area contributed by atoms with Gasteiger partial charge in [-0.05, 0) is 43.8 Å². The molecule has 0 amide bonds. The Hall–Kier alpha value is -1.42. The smallest absolute Gasteiger partial charge is 0.164 e. The second kappa shape index (κ2) is 6.66. The molecule has 1 N–H and O–H groups in total. The minimum atomic E-state index is 0.157. The Labute approximate surface area is 114 Å². The molecule has 1 aromatic heterocycles. The molecule has 1 aliphatic rings. The summed E-state index contributed by atoms with van der Waals surface area (Å²) >= 11 is 0. The number of ether oxygens (including phenoxy) is 1. The van der Waals surface area contributed by atoms with Crippen LogP contribution < -0.4 is 10.1 Å². The van der Waals surface area contributed by atoms with E-state index in [0.717, 1.165) is 13.1 Å². The number of ketones is 1. The van der Waals surface area contributed by atoms with Crippen molar-refractivity contribution in [3.05, 3.63) is 24.0 Å². The lowest BCUT2D eigenvalue weighted by Gasteiger charge is -2.27. The number of methoxy groups -OCH3 is 1. The second-order valence-corrected chi connectivity index (χ2v) is 5.32. The number of Topliss-reactive ketones (excluding diaryl/α,β-unsaturated/α-hetero) is 1. The maximum atomic E-state index is 12.2. The van der Waals surface area contributed by atoms with E-state index in [4.69, 9.17) is 4.74 Å². The van der Waals surface area contributed by atoms with Gasteiger partial charge in [0.2, 0.25) is 0 Å². The van der Waals surface area contributed by atoms with E-state index < -0.39 is 0 Å². The van der Waals surface area contributed by atoms with E-state index in [1.807, 2.05) is 0 Å². The molecule has 2 unspecified atom stereocenters. The van der Waals surface area contributed by atoms with E-state index in [2.05, 4.69) is 17.2 Å². The van der Waals surface area contributed by atoms with Gasteiger partial charge in [-0.1, -0.05) is 6.92 Å². The predicted octanol–water partition coefficient (Wildman–Crippen LogP) is 2.30. The Morgan fingerprint density at radius 1 is 1.58 bits per heavy atom. The number of hydrogen-bond acceptors (Lipinski definition) is 4. The van der Waals surface area contributed by atoms with Crippen LogP contribution in [0.5, 0.6) is 5.75 Å². The summed E-state index contributed by atoms with van der Waals surface area (Å²) in [6.07, 6.45) is 6.25. The fourth-order valence-electron chi connectivity index (χ4n) is 2.62. The zero-order chi connectivity index (χ0) is 13.7. The highest BCUT2D eigenvalue weighted by molar-refractivity contribution is 5.96. The molecule has 0 aromatic carbocycles. The fraction of sp³-hybridized carbons (Fsp3) is 0.600. The molecule has 2 heterocycles. The number of rotatable bonds is 5. The lowest BCUT2D eigenvalue weighted by atomic mass is 9.83. The molecule has 0 aliphatic carbocycles. The van der Waals surface area contributed by atoms with Crippen molar-refractivity contribution in [1.29, 1.82) is 0 Å². The highest BCUT2D eigenvalue weighted by Crippen LogP contribution is 2.24. The van der Waals surface area contributed by atoms with E-state index in [-0.39, 0.29) is 5.78 Å². The monoisotopic (exact) mass is 262 g/mol. The summed E-state index contributed by atoms with van der Waals surface area (Å²) < 4.78 is 5.10. The van der Waals surface area contributed by atoms with E-state index in [1.54, 1.807) is 25.6 Å². The van der Waals surface area contributed by atoms with Crippen molar-refractivity contribution in [2.45, 2.75) is 26.2 Å². The molecule has 1 saturated heterocycles. The van der Waals surface area contributed by atoms with Gasteiger partial charge in [0.25, 0.3) is 0 Å². The van der Waals surface area contributed by atoms with Crippen LogP contribution in [0.25, 0.3) is 0 Å². The topological polar surface area (TPSA) is 51.2 Å². The zero-order valence-corrected chi connectivity index (χ0v) is 11.7. The van der Waals surface area contributed by atoms with E-state index in [9.17, 15) is 4.79 Å². The molecule has 0 bridgehead atoms. The third-order valence-corrected chi connectivity index (χ3v) is 3.92. The van der Waals surface area contributed by atoms with Crippen LogP contribution in [-0.4, -0.2) is 31.0 Å². The van der Waals surface area contributed by atoms with Crippen LogP contribution in [0.3, 0.4) is 0 Å². The molecule has 1 aliphatic heterocycles. The number of hydrogen-bond donors (Lipinski definition) is 1. The first-order valence-electron chi connectivity index (χ1n) is 6.93. The molecule has 0 saturated carbocycles. The van der Waals surface area contributed by atoms with Crippen molar-refractivity contribution < 1.29 is 9.53 Å². The van der Waals surface area contributed by atoms with Gasteiger partial charge in [0.15, 0.2) is 5.78 Å². The minimum absolute atomic E-state index is 0.157. The lowest BCUT2D eigenvalue weighted by molar-refractivity contribution is 0.0942. The van der Waals surface area contributed by atoms with Crippen LogP contribution in [0.1, 0.15) is 36.5 Å². The Kier molecular flexibility index (Phi) is 4.91. The molecular weight excluding hydrogens is 240 g/mol. The molecule has 1 aromatic rings. The van der Waals surface area contributed by atoms with Crippen molar-refractivity contribution in [3.63, 3.8) is 0 Å². The number of carbonyl (C=O) groups is 1. The highest BCUT2D eigenvalue weighted by atomic mass is 16.5. The zero-order valence-electron chi connectivity index (χ0n) is 11.7. The summed E-state index contributed by atoms with van der Waals surface area (Å²) in [5, 5.41) is 3.40. The number of piperidine rings is 1. The number of pyridine rings is 1. The first kappa shape index (κ1) is 14.0. The molecule has 2 rings (SSSR count). The molecule has 1 fully saturated rings. The molecule has 0 spiro atoms. The third-order valence-electron chi connectivity index (χ3n) is 3.92. The number of nitrogens with zero attached hydrogens (tertiary/aromatic N) is 1. The molecule has 0 radical (unpaired) electrons. The Morgan fingerprint density at radius 2 is 2.42 bits per heavy atom. The van der Waals surface area contributed by atoms with E-state index in [1.165, 1.54) is 12.8 Å². The molecule has 4 heteroatoms. The van der Waals surface area contributed by atoms with Gasteiger partial charge in [-0.2, -0.15) is 0 Å². The summed E-state index contributed by atoms with van der Waals surface area (Å²) in [4.78, 5) is 16.3. The second-order valence-electron chi connectivity index (χ2n) is 5.32. The standard InChI is InChI=1S/C15H22N2O2/c1-11(12-4-3-5-16-8-12)6-15(18)13-7-14(19-2)10-17-9-13/h7,9-12,16H,3-6,8H2,1-2H3. The normalized spacial score (nSPS) is 20.8. The number of carbonyl (C=O) groups excluding carboxylic acids is 1. The van der Waals surface area contributed by atoms with Crippen molar-refractivity contribution in [1.82, 2.24) is 10.3 Å². The SMILES string of the molecule is COc1cncc(C(=O)CC(C)C2CCCNC2)c1. The summed E-state index contributed by atoms with van der Waals surface area (Å²) in [5.41, 5.74) is 0.648. The predicted molar refractivity (Wildman–Crippen MR) is 74.5 cm³/mol. The van der Waals surface area contributed by atoms with Crippen molar-refractivity contribution in [3.8, 4) is 5.75 Å². The van der Waals surface area contributed by atoms with Gasteiger partial charge in [0.05, 0.1) is 13.3 Å². The van der Waals surface area contributed by atoms with E-state index in [0.29, 0.717) is 29.6 Å². The Morgan fingerprint density at radius 3 is 3.11 bits per heavy atom. The van der Waals surface area contributed by atoms with Crippen LogP contribution in [-0.2, 0) is 0 Å². The fourth-order valence-corrected chi connectivity index (χ4v) is 2.62. The van der Waals surface area contributed by atoms with Crippen molar-refractivity contribution in [2.24, 2.45) is 11.8 Å². The van der Waals surface area contributed by atoms with Crippen LogP contribution in [0.2, 0.25) is 0 Å². The average Bonchev–Trinajstić information content (AvgIpc) is 2.48. The average molecular weight is 262 g/mol. The quantitative estimate of drug-likeness (QED) is 0.827. The summed E-state index contributed by atoms with van der Waals surface area (Å²) in [6, 6.07) is 1.77. The van der Waals surface area contributed by atoms with Gasteiger partial charge in [0, 0.05) is 18.2 Å². The third kappa shape index (κ3) is 3.77. The van der Waals surface area contributed by atoms with Gasteiger partial charge < -0.3 is 10.1 Å². The highest BCUT2D eigenvalue weighted by Gasteiger charge is 2.22. The minimum Gasteiger partial charge on any atom is -0.495 e. The first-order chi connectivity index (χ1) is 9.20. The van der Waals surface area contributed by atoms with Gasteiger partial charge >= 0.3 is 0 Å². The molecule has 4 nitrogen and oxygen atoms in total. The van der Waals surface area contributed by atoms with Crippen LogP contribution in [0.15, 0.2) is 18.5 Å². The molecule has 104 valence electrons. The maximum Gasteiger partial charge on any atom is 0.164 e.